The largest absolute Gasteiger partial charge is 0.349 e. The van der Waals surface area contributed by atoms with E-state index in [-0.39, 0.29) is 11.9 Å². The summed E-state index contributed by atoms with van der Waals surface area (Å²) in [6.45, 7) is 4.21. The smallest absolute Gasteiger partial charge is 0.252 e. The monoisotopic (exact) mass is 300 g/mol. The maximum absolute atomic E-state index is 12.4. The summed E-state index contributed by atoms with van der Waals surface area (Å²) in [6.07, 6.45) is 2.73. The normalized spacial score (nSPS) is 20.9. The molecule has 1 N–H and O–H groups in total. The Hall–Kier alpha value is -1.18. The Morgan fingerprint density at radius 2 is 2.37 bits per heavy atom. The van der Waals surface area contributed by atoms with Gasteiger partial charge in [-0.3, -0.25) is 4.79 Å². The zero-order chi connectivity index (χ0) is 13.9. The molecule has 1 aromatic rings. The van der Waals surface area contributed by atoms with Crippen LogP contribution in [0.25, 0.3) is 0 Å². The summed E-state index contributed by atoms with van der Waals surface area (Å²) in [7, 11) is -3.42. The highest BCUT2D eigenvalue weighted by atomic mass is 32.2. The van der Waals surface area contributed by atoms with Crippen molar-refractivity contribution < 1.29 is 13.2 Å². The Bertz CT molecular complexity index is 552. The van der Waals surface area contributed by atoms with Crippen LogP contribution in [-0.4, -0.2) is 37.8 Å². The van der Waals surface area contributed by atoms with E-state index < -0.39 is 10.0 Å². The Labute approximate surface area is 117 Å². The van der Waals surface area contributed by atoms with E-state index in [0.717, 1.165) is 12.8 Å². The summed E-state index contributed by atoms with van der Waals surface area (Å²) < 4.78 is 26.5. The molecular formula is C12H16N2O3S2. The second kappa shape index (κ2) is 5.85. The molecule has 19 heavy (non-hydrogen) atoms. The maximum atomic E-state index is 12.4. The number of carbonyl (C=O) groups is 1. The number of thiophene rings is 1. The maximum Gasteiger partial charge on any atom is 0.252 e. The molecule has 1 fully saturated rings. The number of sulfonamides is 1. The van der Waals surface area contributed by atoms with Crippen LogP contribution >= 0.6 is 11.3 Å². The van der Waals surface area contributed by atoms with Crippen LogP contribution in [-0.2, 0) is 14.8 Å². The van der Waals surface area contributed by atoms with Crippen LogP contribution < -0.4 is 5.32 Å². The minimum atomic E-state index is -3.42. The minimum Gasteiger partial charge on any atom is -0.349 e. The Kier molecular flexibility index (Phi) is 4.38. The second-order valence-electron chi connectivity index (χ2n) is 4.35. The number of amides is 1. The predicted octanol–water partition coefficient (Wildman–Crippen LogP) is 1.20. The van der Waals surface area contributed by atoms with E-state index >= 15 is 0 Å². The number of piperidine rings is 1. The molecule has 1 aromatic heterocycles. The quantitative estimate of drug-likeness (QED) is 0.850. The molecule has 0 unspecified atom stereocenters. The molecule has 2 rings (SSSR count). The number of nitrogens with one attached hydrogen (secondary N) is 1. The van der Waals surface area contributed by atoms with Gasteiger partial charge in [0.2, 0.25) is 5.91 Å². The van der Waals surface area contributed by atoms with Gasteiger partial charge in [-0.25, -0.2) is 8.42 Å². The van der Waals surface area contributed by atoms with Gasteiger partial charge in [0.25, 0.3) is 10.0 Å². The van der Waals surface area contributed by atoms with E-state index in [9.17, 15) is 13.2 Å². The highest BCUT2D eigenvalue weighted by Gasteiger charge is 2.31. The van der Waals surface area contributed by atoms with Crippen LogP contribution in [0.1, 0.15) is 12.8 Å². The molecule has 1 aliphatic heterocycles. The van der Waals surface area contributed by atoms with E-state index in [1.165, 1.54) is 21.7 Å². The zero-order valence-electron chi connectivity index (χ0n) is 10.4. The third-order valence-electron chi connectivity index (χ3n) is 3.01. The summed E-state index contributed by atoms with van der Waals surface area (Å²) in [5.41, 5.74) is 0. The van der Waals surface area contributed by atoms with Gasteiger partial charge in [-0.2, -0.15) is 4.31 Å². The molecule has 0 spiro atoms. The lowest BCUT2D eigenvalue weighted by atomic mass is 10.1. The summed E-state index contributed by atoms with van der Waals surface area (Å²) in [6, 6.07) is 3.18. The van der Waals surface area contributed by atoms with Gasteiger partial charge in [0.15, 0.2) is 0 Å². The van der Waals surface area contributed by atoms with Crippen molar-refractivity contribution in [2.45, 2.75) is 23.1 Å². The van der Waals surface area contributed by atoms with Gasteiger partial charge in [-0.05, 0) is 30.4 Å². The lowest BCUT2D eigenvalue weighted by Gasteiger charge is -2.31. The minimum absolute atomic E-state index is 0.144. The van der Waals surface area contributed by atoms with E-state index in [0.29, 0.717) is 17.3 Å². The molecule has 1 aliphatic rings. The second-order valence-corrected chi connectivity index (χ2v) is 7.46. The van der Waals surface area contributed by atoms with Crippen molar-refractivity contribution in [2.24, 2.45) is 0 Å². The van der Waals surface area contributed by atoms with Crippen LogP contribution in [0.5, 0.6) is 0 Å². The first-order valence-corrected chi connectivity index (χ1v) is 8.32. The number of carbonyl (C=O) groups excluding carboxylic acids is 1. The average molecular weight is 300 g/mol. The number of hydrogen-bond donors (Lipinski definition) is 1. The highest BCUT2D eigenvalue weighted by Crippen LogP contribution is 2.24. The molecule has 0 radical (unpaired) electrons. The lowest BCUT2D eigenvalue weighted by Crippen LogP contribution is -2.49. The Balaban J connectivity index is 2.09. The third-order valence-corrected chi connectivity index (χ3v) is 6.24. The summed E-state index contributed by atoms with van der Waals surface area (Å²) >= 11 is 1.21. The van der Waals surface area contributed by atoms with Crippen molar-refractivity contribution in [3.8, 4) is 0 Å². The zero-order valence-corrected chi connectivity index (χ0v) is 12.0. The fraction of sp³-hybridized carbons (Fsp3) is 0.417. The van der Waals surface area contributed by atoms with Crippen molar-refractivity contribution in [3.63, 3.8) is 0 Å². The lowest BCUT2D eigenvalue weighted by molar-refractivity contribution is -0.117. The molecule has 0 aromatic carbocycles. The Morgan fingerprint density at radius 1 is 1.58 bits per heavy atom. The van der Waals surface area contributed by atoms with Crippen LogP contribution in [0.3, 0.4) is 0 Å². The molecule has 104 valence electrons. The fourth-order valence-electron chi connectivity index (χ4n) is 2.08. The first kappa shape index (κ1) is 14.2. The van der Waals surface area contributed by atoms with Crippen molar-refractivity contribution >= 4 is 27.3 Å². The van der Waals surface area contributed by atoms with E-state index in [1.807, 2.05) is 0 Å². The van der Waals surface area contributed by atoms with Crippen LogP contribution in [0.15, 0.2) is 34.4 Å². The van der Waals surface area contributed by atoms with Crippen molar-refractivity contribution in [3.05, 3.63) is 30.2 Å². The Morgan fingerprint density at radius 3 is 3.00 bits per heavy atom. The predicted molar refractivity (Wildman–Crippen MR) is 74.4 cm³/mol. The topological polar surface area (TPSA) is 66.5 Å². The van der Waals surface area contributed by atoms with Gasteiger partial charge in [0.1, 0.15) is 4.21 Å². The molecule has 2 heterocycles. The van der Waals surface area contributed by atoms with Gasteiger partial charge < -0.3 is 5.32 Å². The molecule has 1 atom stereocenters. The van der Waals surface area contributed by atoms with E-state index in [1.54, 1.807) is 17.5 Å². The van der Waals surface area contributed by atoms with Crippen LogP contribution in [0.4, 0.5) is 0 Å². The SMILES string of the molecule is C=CC(=O)N[C@@H]1CCCN(S(=O)(=O)c2cccs2)C1. The standard InChI is InChI=1S/C12H16N2O3S2/c1-2-11(15)13-10-5-3-7-14(9-10)19(16,17)12-6-4-8-18-12/h2,4,6,8,10H,1,3,5,7,9H2,(H,13,15)/t10-/m1/s1. The van der Waals surface area contributed by atoms with Crippen molar-refractivity contribution in [1.29, 1.82) is 0 Å². The van der Waals surface area contributed by atoms with Gasteiger partial charge >= 0.3 is 0 Å². The molecule has 0 aliphatic carbocycles. The van der Waals surface area contributed by atoms with Gasteiger partial charge in [-0.15, -0.1) is 11.3 Å². The van der Waals surface area contributed by atoms with Crippen molar-refractivity contribution in [2.75, 3.05) is 13.1 Å². The number of rotatable bonds is 4. The average Bonchev–Trinajstić information content (AvgIpc) is 2.93. The van der Waals surface area contributed by atoms with Crippen LogP contribution in [0, 0.1) is 0 Å². The number of nitrogens with zero attached hydrogens (tertiary/aromatic N) is 1. The summed E-state index contributed by atoms with van der Waals surface area (Å²) in [4.78, 5) is 11.3. The molecule has 5 nitrogen and oxygen atoms in total. The molecule has 1 amide bonds. The fourth-order valence-corrected chi connectivity index (χ4v) is 4.74. The molecular weight excluding hydrogens is 284 g/mol. The molecule has 0 saturated carbocycles. The van der Waals surface area contributed by atoms with Gasteiger partial charge in [0.05, 0.1) is 0 Å². The molecule has 0 bridgehead atoms. The molecule has 1 saturated heterocycles. The van der Waals surface area contributed by atoms with Gasteiger partial charge in [0, 0.05) is 19.1 Å². The molecule has 7 heteroatoms. The summed E-state index contributed by atoms with van der Waals surface area (Å²) in [5.74, 6) is -0.264. The first-order chi connectivity index (χ1) is 9.04. The first-order valence-electron chi connectivity index (χ1n) is 6.00. The van der Waals surface area contributed by atoms with Crippen molar-refractivity contribution in [1.82, 2.24) is 9.62 Å². The van der Waals surface area contributed by atoms with Gasteiger partial charge in [-0.1, -0.05) is 12.6 Å². The third kappa shape index (κ3) is 3.23. The summed E-state index contributed by atoms with van der Waals surface area (Å²) in [5, 5.41) is 4.50. The van der Waals surface area contributed by atoms with E-state index in [2.05, 4.69) is 11.9 Å². The highest BCUT2D eigenvalue weighted by molar-refractivity contribution is 7.91. The number of hydrogen-bond acceptors (Lipinski definition) is 4. The van der Waals surface area contributed by atoms with Crippen LogP contribution in [0.2, 0.25) is 0 Å². The van der Waals surface area contributed by atoms with E-state index in [4.69, 9.17) is 0 Å².